The van der Waals surface area contributed by atoms with Gasteiger partial charge in [0.2, 0.25) is 0 Å². The molecule has 1 aromatic rings. The van der Waals surface area contributed by atoms with Crippen LogP contribution >= 0.6 is 0 Å². The van der Waals surface area contributed by atoms with Gasteiger partial charge in [-0.25, -0.2) is 0 Å². The summed E-state index contributed by atoms with van der Waals surface area (Å²) in [6, 6.07) is 9.06. The van der Waals surface area contributed by atoms with Gasteiger partial charge in [-0.15, -0.1) is 0 Å². The van der Waals surface area contributed by atoms with Gasteiger partial charge in [0.1, 0.15) is 5.75 Å². The molecule has 0 amide bonds. The Bertz CT molecular complexity index is 387. The summed E-state index contributed by atoms with van der Waals surface area (Å²) < 4.78 is 5.87. The number of para-hydroxylation sites is 1. The molecule has 0 radical (unpaired) electrons. The molecule has 2 rings (SSSR count). The molecule has 2 unspecified atom stereocenters. The first-order chi connectivity index (χ1) is 9.31. The van der Waals surface area contributed by atoms with E-state index in [2.05, 4.69) is 50.4 Å². The Labute approximate surface area is 117 Å². The van der Waals surface area contributed by atoms with E-state index in [0.29, 0.717) is 12.0 Å². The van der Waals surface area contributed by atoms with Crippen LogP contribution in [0, 0.1) is 5.92 Å². The minimum absolute atomic E-state index is 0.507. The maximum atomic E-state index is 5.87. The second-order valence-corrected chi connectivity index (χ2v) is 5.51. The summed E-state index contributed by atoms with van der Waals surface area (Å²) >= 11 is 0. The molecule has 0 saturated carbocycles. The molecule has 19 heavy (non-hydrogen) atoms. The molecule has 0 fully saturated rings. The van der Waals surface area contributed by atoms with Gasteiger partial charge in [0.05, 0.1) is 6.61 Å². The lowest BCUT2D eigenvalue weighted by atomic mass is 9.82. The second kappa shape index (κ2) is 6.95. The van der Waals surface area contributed by atoms with Crippen molar-refractivity contribution in [1.29, 1.82) is 0 Å². The molecule has 1 heterocycles. The fraction of sp³-hybridized carbons (Fsp3) is 0.647. The van der Waals surface area contributed by atoms with Gasteiger partial charge < -0.3 is 10.1 Å². The van der Waals surface area contributed by atoms with Crippen LogP contribution in [-0.2, 0) is 0 Å². The molecule has 1 N–H and O–H groups in total. The molecule has 2 heteroatoms. The first-order valence-corrected chi connectivity index (χ1v) is 7.76. The van der Waals surface area contributed by atoms with E-state index in [1.165, 1.54) is 24.8 Å². The molecule has 0 saturated heterocycles. The van der Waals surface area contributed by atoms with Gasteiger partial charge in [0.15, 0.2) is 0 Å². The fourth-order valence-corrected chi connectivity index (χ4v) is 3.23. The molecule has 1 aliphatic rings. The quantitative estimate of drug-likeness (QED) is 0.802. The summed E-state index contributed by atoms with van der Waals surface area (Å²) in [6.07, 6.45) is 3.65. The number of hydrogen-bond donors (Lipinski definition) is 1. The minimum Gasteiger partial charge on any atom is -0.493 e. The average Bonchev–Trinajstić information content (AvgIpc) is 2.87. The van der Waals surface area contributed by atoms with Gasteiger partial charge in [-0.3, -0.25) is 0 Å². The zero-order valence-corrected chi connectivity index (χ0v) is 12.5. The summed E-state index contributed by atoms with van der Waals surface area (Å²) in [5, 5.41) is 3.77. The predicted octanol–water partition coefficient (Wildman–Crippen LogP) is 3.97. The van der Waals surface area contributed by atoms with Gasteiger partial charge >= 0.3 is 0 Å². The average molecular weight is 261 g/mol. The van der Waals surface area contributed by atoms with E-state index in [0.717, 1.165) is 24.8 Å². The third-order valence-corrected chi connectivity index (χ3v) is 4.36. The third kappa shape index (κ3) is 3.11. The topological polar surface area (TPSA) is 21.3 Å². The zero-order chi connectivity index (χ0) is 13.7. The van der Waals surface area contributed by atoms with Crippen molar-refractivity contribution in [2.75, 3.05) is 13.2 Å². The normalized spacial score (nSPS) is 19.3. The highest BCUT2D eigenvalue weighted by Gasteiger charge is 2.34. The second-order valence-electron chi connectivity index (χ2n) is 5.51. The van der Waals surface area contributed by atoms with Crippen molar-refractivity contribution in [3.05, 3.63) is 29.8 Å². The van der Waals surface area contributed by atoms with Crippen molar-refractivity contribution < 1.29 is 4.74 Å². The maximum absolute atomic E-state index is 5.87. The van der Waals surface area contributed by atoms with E-state index in [4.69, 9.17) is 4.74 Å². The van der Waals surface area contributed by atoms with Crippen LogP contribution in [0.25, 0.3) is 0 Å². The summed E-state index contributed by atoms with van der Waals surface area (Å²) in [7, 11) is 0. The van der Waals surface area contributed by atoms with E-state index >= 15 is 0 Å². The molecule has 0 aromatic heterocycles. The van der Waals surface area contributed by atoms with Gasteiger partial charge in [-0.05, 0) is 24.9 Å². The van der Waals surface area contributed by atoms with E-state index < -0.39 is 0 Å². The number of hydrogen-bond acceptors (Lipinski definition) is 2. The van der Waals surface area contributed by atoms with Crippen molar-refractivity contribution in [2.24, 2.45) is 5.92 Å². The van der Waals surface area contributed by atoms with E-state index in [1.54, 1.807) is 0 Å². The summed E-state index contributed by atoms with van der Waals surface area (Å²) in [5.74, 6) is 2.32. The first kappa shape index (κ1) is 14.4. The Hall–Kier alpha value is -1.02. The van der Waals surface area contributed by atoms with Crippen molar-refractivity contribution in [3.8, 4) is 5.75 Å². The zero-order valence-electron chi connectivity index (χ0n) is 12.5. The van der Waals surface area contributed by atoms with Gasteiger partial charge in [0.25, 0.3) is 0 Å². The summed E-state index contributed by atoms with van der Waals surface area (Å²) in [6.45, 7) is 8.76. The lowest BCUT2D eigenvalue weighted by molar-refractivity contribution is 0.244. The highest BCUT2D eigenvalue weighted by atomic mass is 16.5. The molecular formula is C17H27NO. The Morgan fingerprint density at radius 3 is 2.63 bits per heavy atom. The van der Waals surface area contributed by atoms with Crippen LogP contribution in [0.1, 0.15) is 51.5 Å². The number of benzene rings is 1. The monoisotopic (exact) mass is 261 g/mol. The molecule has 1 aromatic carbocycles. The Morgan fingerprint density at radius 1 is 1.21 bits per heavy atom. The van der Waals surface area contributed by atoms with Crippen LogP contribution in [-0.4, -0.2) is 19.2 Å². The van der Waals surface area contributed by atoms with Crippen LogP contribution in [0.15, 0.2) is 24.3 Å². The smallest absolute Gasteiger partial charge is 0.122 e. The van der Waals surface area contributed by atoms with Crippen LogP contribution in [0.4, 0.5) is 0 Å². The molecule has 2 nitrogen and oxygen atoms in total. The SMILES string of the molecule is CCCNC(C(CC)CC)C1COc2ccccc21. The van der Waals surface area contributed by atoms with Crippen LogP contribution < -0.4 is 10.1 Å². The maximum Gasteiger partial charge on any atom is 0.122 e. The highest BCUT2D eigenvalue weighted by molar-refractivity contribution is 5.40. The molecule has 0 spiro atoms. The van der Waals surface area contributed by atoms with Gasteiger partial charge in [0, 0.05) is 17.5 Å². The predicted molar refractivity (Wildman–Crippen MR) is 80.8 cm³/mol. The Kier molecular flexibility index (Phi) is 5.26. The standard InChI is InChI=1S/C17H27NO/c1-4-11-18-17(13(5-2)6-3)15-12-19-16-10-8-7-9-14(15)16/h7-10,13,15,17-18H,4-6,11-12H2,1-3H3. The summed E-state index contributed by atoms with van der Waals surface area (Å²) in [4.78, 5) is 0. The van der Waals surface area contributed by atoms with Crippen molar-refractivity contribution in [3.63, 3.8) is 0 Å². The molecule has 0 bridgehead atoms. The van der Waals surface area contributed by atoms with Crippen LogP contribution in [0.2, 0.25) is 0 Å². The van der Waals surface area contributed by atoms with E-state index in [9.17, 15) is 0 Å². The lowest BCUT2D eigenvalue weighted by Gasteiger charge is -2.31. The number of nitrogens with one attached hydrogen (secondary N) is 1. The molecule has 2 atom stereocenters. The van der Waals surface area contributed by atoms with Crippen LogP contribution in [0.5, 0.6) is 5.75 Å². The van der Waals surface area contributed by atoms with Crippen molar-refractivity contribution in [1.82, 2.24) is 5.32 Å². The Morgan fingerprint density at radius 2 is 1.95 bits per heavy atom. The number of fused-ring (bicyclic) bond motifs is 1. The van der Waals surface area contributed by atoms with Gasteiger partial charge in [-0.1, -0.05) is 51.8 Å². The van der Waals surface area contributed by atoms with E-state index in [-0.39, 0.29) is 0 Å². The minimum atomic E-state index is 0.507. The molecular weight excluding hydrogens is 234 g/mol. The third-order valence-electron chi connectivity index (χ3n) is 4.36. The number of rotatable bonds is 7. The molecule has 106 valence electrons. The van der Waals surface area contributed by atoms with Crippen molar-refractivity contribution in [2.45, 2.75) is 52.0 Å². The fourth-order valence-electron chi connectivity index (χ4n) is 3.23. The Balaban J connectivity index is 2.19. The van der Waals surface area contributed by atoms with Crippen LogP contribution in [0.3, 0.4) is 0 Å². The first-order valence-electron chi connectivity index (χ1n) is 7.76. The highest BCUT2D eigenvalue weighted by Crippen LogP contribution is 2.38. The number of ether oxygens (including phenoxy) is 1. The van der Waals surface area contributed by atoms with Gasteiger partial charge in [-0.2, -0.15) is 0 Å². The van der Waals surface area contributed by atoms with Crippen molar-refractivity contribution >= 4 is 0 Å². The molecule has 0 aliphatic carbocycles. The summed E-state index contributed by atoms with van der Waals surface area (Å²) in [5.41, 5.74) is 1.39. The largest absolute Gasteiger partial charge is 0.493 e. The van der Waals surface area contributed by atoms with E-state index in [1.807, 2.05) is 0 Å². The lowest BCUT2D eigenvalue weighted by Crippen LogP contribution is -2.42. The molecule has 1 aliphatic heterocycles.